The van der Waals surface area contributed by atoms with Crippen LogP contribution in [0.2, 0.25) is 5.02 Å². The highest BCUT2D eigenvalue weighted by Gasteiger charge is 2.30. The molecule has 2 heterocycles. The summed E-state index contributed by atoms with van der Waals surface area (Å²) in [6, 6.07) is 8.31. The molecule has 1 aliphatic carbocycles. The summed E-state index contributed by atoms with van der Waals surface area (Å²) in [6.07, 6.45) is 2.38. The van der Waals surface area contributed by atoms with Crippen molar-refractivity contribution in [1.29, 1.82) is 0 Å². The van der Waals surface area contributed by atoms with Crippen LogP contribution in [0.5, 0.6) is 0 Å². The van der Waals surface area contributed by atoms with E-state index in [4.69, 9.17) is 22.3 Å². The average molecular weight is 290 g/mol. The Balaban J connectivity index is 2.08. The average Bonchev–Trinajstić information content (AvgIpc) is 3.02. The van der Waals surface area contributed by atoms with Crippen LogP contribution in [-0.2, 0) is 0 Å². The zero-order valence-electron chi connectivity index (χ0n) is 10.1. The molecule has 19 heavy (non-hydrogen) atoms. The molecular weight excluding hydrogens is 278 g/mol. The van der Waals surface area contributed by atoms with Crippen molar-refractivity contribution in [3.63, 3.8) is 0 Å². The zero-order valence-corrected chi connectivity index (χ0v) is 11.7. The summed E-state index contributed by atoms with van der Waals surface area (Å²) in [4.78, 5) is 5.79. The molecule has 4 rings (SSSR count). The fraction of sp³-hybridized carbons (Fsp3) is 0.214. The lowest BCUT2D eigenvalue weighted by atomic mass is 10.3. The largest absolute Gasteiger partial charge is 0.397 e. The molecule has 0 aliphatic heterocycles. The molecule has 96 valence electrons. The van der Waals surface area contributed by atoms with Gasteiger partial charge in [-0.05, 0) is 36.4 Å². The van der Waals surface area contributed by atoms with Crippen LogP contribution in [-0.4, -0.2) is 9.55 Å². The van der Waals surface area contributed by atoms with Crippen LogP contribution in [0.4, 0.5) is 5.69 Å². The number of benzene rings is 1. The van der Waals surface area contributed by atoms with Crippen molar-refractivity contribution in [2.45, 2.75) is 18.9 Å². The van der Waals surface area contributed by atoms with Crippen molar-refractivity contribution in [2.24, 2.45) is 0 Å². The maximum Gasteiger partial charge on any atom is 0.153 e. The number of anilines is 1. The molecule has 0 spiro atoms. The van der Waals surface area contributed by atoms with Gasteiger partial charge in [-0.3, -0.25) is 0 Å². The van der Waals surface area contributed by atoms with Crippen LogP contribution in [0.3, 0.4) is 0 Å². The van der Waals surface area contributed by atoms with Gasteiger partial charge < -0.3 is 10.3 Å². The van der Waals surface area contributed by atoms with Gasteiger partial charge in [0, 0.05) is 6.04 Å². The van der Waals surface area contributed by atoms with E-state index in [-0.39, 0.29) is 0 Å². The number of nitrogens with two attached hydrogens (primary N) is 1. The van der Waals surface area contributed by atoms with Gasteiger partial charge in [0.15, 0.2) is 5.82 Å². The molecule has 0 unspecified atom stereocenters. The third-order valence-corrected chi connectivity index (χ3v) is 4.70. The molecule has 5 heteroatoms. The molecule has 3 aromatic rings. The minimum absolute atomic E-state index is 0.515. The van der Waals surface area contributed by atoms with Gasteiger partial charge in [0.25, 0.3) is 0 Å². The van der Waals surface area contributed by atoms with Crippen LogP contribution in [0.15, 0.2) is 29.6 Å². The van der Waals surface area contributed by atoms with Crippen LogP contribution in [0.1, 0.15) is 18.9 Å². The lowest BCUT2D eigenvalue weighted by Gasteiger charge is -2.07. The first kappa shape index (κ1) is 11.3. The smallest absolute Gasteiger partial charge is 0.153 e. The molecule has 2 aromatic heterocycles. The lowest BCUT2D eigenvalue weighted by molar-refractivity contribution is 0.777. The van der Waals surface area contributed by atoms with Crippen LogP contribution < -0.4 is 5.73 Å². The van der Waals surface area contributed by atoms with E-state index in [1.54, 1.807) is 11.3 Å². The maximum absolute atomic E-state index is 6.36. The molecule has 3 nitrogen and oxygen atoms in total. The topological polar surface area (TPSA) is 43.8 Å². The summed E-state index contributed by atoms with van der Waals surface area (Å²) < 4.78 is 2.26. The maximum atomic E-state index is 6.36. The van der Waals surface area contributed by atoms with Crippen LogP contribution in [0, 0.1) is 0 Å². The second-order valence-corrected chi connectivity index (χ2v) is 6.17. The number of rotatable bonds is 2. The molecule has 0 radical (unpaired) electrons. The first-order valence-corrected chi connectivity index (χ1v) is 7.51. The summed E-state index contributed by atoms with van der Waals surface area (Å²) in [7, 11) is 0. The number of hydrogen-bond acceptors (Lipinski definition) is 3. The Morgan fingerprint density at radius 2 is 2.16 bits per heavy atom. The third-order valence-electron chi connectivity index (χ3n) is 3.47. The number of halogens is 1. The Morgan fingerprint density at radius 3 is 2.84 bits per heavy atom. The number of nitrogens with zero attached hydrogens (tertiary/aromatic N) is 2. The fourth-order valence-corrected chi connectivity index (χ4v) is 3.52. The molecule has 0 bridgehead atoms. The van der Waals surface area contributed by atoms with E-state index < -0.39 is 0 Å². The number of thiophene rings is 1. The molecule has 1 fully saturated rings. The molecule has 0 saturated heterocycles. The number of imidazole rings is 1. The van der Waals surface area contributed by atoms with Gasteiger partial charge in [-0.25, -0.2) is 4.98 Å². The van der Waals surface area contributed by atoms with E-state index >= 15 is 0 Å². The molecule has 0 amide bonds. The summed E-state index contributed by atoms with van der Waals surface area (Å²) in [5.74, 6) is 0.957. The van der Waals surface area contributed by atoms with Gasteiger partial charge in [-0.1, -0.05) is 17.7 Å². The zero-order chi connectivity index (χ0) is 13.0. The normalized spacial score (nSPS) is 15.2. The highest BCUT2D eigenvalue weighted by atomic mass is 35.5. The van der Waals surface area contributed by atoms with Gasteiger partial charge in [-0.15, -0.1) is 11.3 Å². The summed E-state index contributed by atoms with van der Waals surface area (Å²) in [5, 5.41) is 2.77. The quantitative estimate of drug-likeness (QED) is 0.763. The molecule has 0 atom stereocenters. The standard InChI is InChI=1S/C14H12ClN3S/c15-9-2-1-3-11-12(9)18(8-4-5-8)14(17-11)13-10(16)6-7-19-13/h1-3,6-8H,4-5,16H2. The second kappa shape index (κ2) is 3.99. The summed E-state index contributed by atoms with van der Waals surface area (Å²) in [5.41, 5.74) is 8.82. The first-order chi connectivity index (χ1) is 9.25. The molecular formula is C14H12ClN3S. The Hall–Kier alpha value is -1.52. The van der Waals surface area contributed by atoms with Crippen molar-refractivity contribution in [2.75, 3.05) is 5.73 Å². The number of para-hydroxylation sites is 1. The SMILES string of the molecule is Nc1ccsc1-c1nc2cccc(Cl)c2n1C1CC1. The fourth-order valence-electron chi connectivity index (χ4n) is 2.46. The van der Waals surface area contributed by atoms with Crippen molar-refractivity contribution < 1.29 is 0 Å². The van der Waals surface area contributed by atoms with Crippen molar-refractivity contribution in [1.82, 2.24) is 9.55 Å². The second-order valence-electron chi connectivity index (χ2n) is 4.85. The first-order valence-electron chi connectivity index (χ1n) is 6.25. The molecule has 1 aliphatic rings. The Morgan fingerprint density at radius 1 is 1.32 bits per heavy atom. The van der Waals surface area contributed by atoms with E-state index in [0.717, 1.165) is 32.4 Å². The van der Waals surface area contributed by atoms with Gasteiger partial charge in [0.1, 0.15) is 0 Å². The number of aromatic nitrogens is 2. The van der Waals surface area contributed by atoms with E-state index in [1.807, 2.05) is 29.6 Å². The van der Waals surface area contributed by atoms with E-state index in [1.165, 1.54) is 12.8 Å². The Bertz CT molecular complexity index is 770. The van der Waals surface area contributed by atoms with Crippen LogP contribution in [0.25, 0.3) is 21.7 Å². The van der Waals surface area contributed by atoms with E-state index in [2.05, 4.69) is 4.57 Å². The Labute approximate surface area is 119 Å². The predicted molar refractivity (Wildman–Crippen MR) is 80.7 cm³/mol. The van der Waals surface area contributed by atoms with Gasteiger partial charge in [-0.2, -0.15) is 0 Å². The summed E-state index contributed by atoms with van der Waals surface area (Å²) in [6.45, 7) is 0. The van der Waals surface area contributed by atoms with Crippen LogP contribution >= 0.6 is 22.9 Å². The third kappa shape index (κ3) is 1.67. The van der Waals surface area contributed by atoms with Crippen molar-refractivity contribution in [3.8, 4) is 10.7 Å². The lowest BCUT2D eigenvalue weighted by Crippen LogP contribution is -1.98. The highest BCUT2D eigenvalue weighted by Crippen LogP contribution is 2.44. The molecule has 1 saturated carbocycles. The predicted octanol–water partition coefficient (Wildman–Crippen LogP) is 4.34. The number of nitrogen functional groups attached to an aromatic ring is 1. The monoisotopic (exact) mass is 289 g/mol. The molecule has 1 aromatic carbocycles. The van der Waals surface area contributed by atoms with Gasteiger partial charge >= 0.3 is 0 Å². The van der Waals surface area contributed by atoms with E-state index in [0.29, 0.717) is 6.04 Å². The van der Waals surface area contributed by atoms with Crippen molar-refractivity contribution in [3.05, 3.63) is 34.7 Å². The minimum Gasteiger partial charge on any atom is -0.397 e. The number of fused-ring (bicyclic) bond motifs is 1. The minimum atomic E-state index is 0.515. The Kier molecular flexibility index (Phi) is 2.37. The highest BCUT2D eigenvalue weighted by molar-refractivity contribution is 7.14. The number of hydrogen-bond donors (Lipinski definition) is 1. The van der Waals surface area contributed by atoms with E-state index in [9.17, 15) is 0 Å². The van der Waals surface area contributed by atoms with Gasteiger partial charge in [0.05, 0.1) is 26.6 Å². The van der Waals surface area contributed by atoms with Gasteiger partial charge in [0.2, 0.25) is 0 Å². The summed E-state index contributed by atoms with van der Waals surface area (Å²) >= 11 is 7.99. The molecule has 2 N–H and O–H groups in total. The van der Waals surface area contributed by atoms with Crippen molar-refractivity contribution >= 4 is 39.7 Å².